The lowest BCUT2D eigenvalue weighted by Crippen LogP contribution is -2.03. The van der Waals surface area contributed by atoms with Crippen LogP contribution >= 0.6 is 27.3 Å². The van der Waals surface area contributed by atoms with Crippen LogP contribution in [0.2, 0.25) is 0 Å². The number of rotatable bonds is 4. The van der Waals surface area contributed by atoms with E-state index in [9.17, 15) is 14.4 Å². The van der Waals surface area contributed by atoms with E-state index in [-0.39, 0.29) is 16.9 Å². The van der Waals surface area contributed by atoms with Crippen molar-refractivity contribution in [3.8, 4) is 17.2 Å². The first-order valence-electron chi connectivity index (χ1n) is 7.14. The highest BCUT2D eigenvalue weighted by atomic mass is 79.9. The molecule has 0 aliphatic carbocycles. The van der Waals surface area contributed by atoms with Crippen LogP contribution in [0.4, 0.5) is 20.8 Å². The molecule has 0 saturated carbocycles. The van der Waals surface area contributed by atoms with Crippen molar-refractivity contribution in [3.05, 3.63) is 40.1 Å². The van der Waals surface area contributed by atoms with Gasteiger partial charge in [-0.15, -0.1) is 11.3 Å². The Balaban J connectivity index is 2.38. The summed E-state index contributed by atoms with van der Waals surface area (Å²) in [5, 5.41) is 16.3. The zero-order valence-electron chi connectivity index (χ0n) is 13.0. The number of carbonyl (C=O) groups excluding carboxylic acids is 1. The molecule has 2 aromatic carbocycles. The van der Waals surface area contributed by atoms with Gasteiger partial charge < -0.3 is 16.4 Å². The lowest BCUT2D eigenvalue weighted by Gasteiger charge is -2.13. The van der Waals surface area contributed by atoms with Crippen molar-refractivity contribution in [3.63, 3.8) is 0 Å². The molecule has 1 amide bonds. The van der Waals surface area contributed by atoms with Crippen LogP contribution in [0.15, 0.2) is 28.7 Å². The van der Waals surface area contributed by atoms with Gasteiger partial charge in [0.15, 0.2) is 5.82 Å². The fourth-order valence-corrected chi connectivity index (χ4v) is 4.35. The van der Waals surface area contributed by atoms with E-state index in [1.54, 1.807) is 25.2 Å². The number of nitrogens with one attached hydrogen (secondary N) is 2. The number of thiophene rings is 1. The third-order valence-electron chi connectivity index (χ3n) is 3.79. The van der Waals surface area contributed by atoms with Crippen molar-refractivity contribution in [1.82, 2.24) is 0 Å². The molecule has 126 valence electrons. The predicted octanol–water partition coefficient (Wildman–Crippen LogP) is 4.53. The van der Waals surface area contributed by atoms with E-state index < -0.39 is 5.82 Å². The molecular weight excluding hydrogens is 407 g/mol. The quantitative estimate of drug-likeness (QED) is 0.428. The van der Waals surface area contributed by atoms with Crippen LogP contribution in [0, 0.1) is 17.1 Å². The third-order valence-corrected chi connectivity index (χ3v) is 5.59. The van der Waals surface area contributed by atoms with Crippen molar-refractivity contribution in [2.24, 2.45) is 0 Å². The summed E-state index contributed by atoms with van der Waals surface area (Å²) in [6.07, 6.45) is 0.434. The van der Waals surface area contributed by atoms with Crippen LogP contribution in [0.25, 0.3) is 21.2 Å². The largest absolute Gasteiger partial charge is 0.395 e. The van der Waals surface area contributed by atoms with E-state index in [4.69, 9.17) is 5.73 Å². The number of anilines is 3. The number of nitrogen functional groups attached to an aromatic ring is 1. The van der Waals surface area contributed by atoms with E-state index in [0.717, 1.165) is 4.70 Å². The van der Waals surface area contributed by atoms with Gasteiger partial charge in [-0.05, 0) is 33.6 Å². The standard InChI is InChI=1S/C17H12BrFN4OS/c1-22-17-9(6-20)13-8(3-2-4-12(13)25-17)14-10(18)5-11(23-7-24)16(21)15(14)19/h2-5,7,22H,21H2,1H3,(H,23,24). The summed E-state index contributed by atoms with van der Waals surface area (Å²) in [4.78, 5) is 10.7. The van der Waals surface area contributed by atoms with Gasteiger partial charge in [0.25, 0.3) is 0 Å². The second-order valence-electron chi connectivity index (χ2n) is 5.12. The summed E-state index contributed by atoms with van der Waals surface area (Å²) in [5.41, 5.74) is 7.10. The second-order valence-corrected chi connectivity index (χ2v) is 7.02. The number of halogens is 2. The molecule has 0 unspecified atom stereocenters. The van der Waals surface area contributed by atoms with Crippen molar-refractivity contribution >= 4 is 60.1 Å². The highest BCUT2D eigenvalue weighted by Crippen LogP contribution is 2.45. The maximum Gasteiger partial charge on any atom is 0.211 e. The minimum Gasteiger partial charge on any atom is -0.395 e. The Kier molecular flexibility index (Phi) is 4.61. The summed E-state index contributed by atoms with van der Waals surface area (Å²) in [6, 6.07) is 9.14. The Hall–Kier alpha value is -2.63. The lowest BCUT2D eigenvalue weighted by molar-refractivity contribution is -0.105. The molecule has 25 heavy (non-hydrogen) atoms. The number of hydrogen-bond acceptors (Lipinski definition) is 5. The summed E-state index contributed by atoms with van der Waals surface area (Å²) in [5.74, 6) is -0.660. The molecule has 0 fully saturated rings. The maximum absolute atomic E-state index is 15.0. The van der Waals surface area contributed by atoms with Gasteiger partial charge in [-0.3, -0.25) is 4.79 Å². The van der Waals surface area contributed by atoms with Crippen LogP contribution in [-0.2, 0) is 4.79 Å². The first-order valence-corrected chi connectivity index (χ1v) is 8.75. The first kappa shape index (κ1) is 17.2. The number of nitrogens with zero attached hydrogens (tertiary/aromatic N) is 1. The van der Waals surface area contributed by atoms with Gasteiger partial charge in [-0.2, -0.15) is 5.26 Å². The molecule has 0 bridgehead atoms. The SMILES string of the molecule is CNc1sc2cccc(-c3c(Br)cc(NC=O)c(N)c3F)c2c1C#N. The van der Waals surface area contributed by atoms with Crippen LogP contribution in [0.3, 0.4) is 0 Å². The number of amides is 1. The highest BCUT2D eigenvalue weighted by Gasteiger charge is 2.22. The molecule has 5 nitrogen and oxygen atoms in total. The lowest BCUT2D eigenvalue weighted by atomic mass is 9.98. The first-order chi connectivity index (χ1) is 12.0. The van der Waals surface area contributed by atoms with E-state index in [1.165, 1.54) is 11.3 Å². The predicted molar refractivity (Wildman–Crippen MR) is 103 cm³/mol. The number of fused-ring (bicyclic) bond motifs is 1. The molecule has 1 heterocycles. The van der Waals surface area contributed by atoms with Gasteiger partial charge in [0, 0.05) is 27.2 Å². The molecule has 3 rings (SSSR count). The van der Waals surface area contributed by atoms with E-state index in [1.807, 2.05) is 6.07 Å². The maximum atomic E-state index is 15.0. The van der Waals surface area contributed by atoms with Gasteiger partial charge in [-0.25, -0.2) is 4.39 Å². The monoisotopic (exact) mass is 418 g/mol. The van der Waals surface area contributed by atoms with Crippen molar-refractivity contribution in [1.29, 1.82) is 5.26 Å². The van der Waals surface area contributed by atoms with Crippen LogP contribution in [0.1, 0.15) is 5.56 Å². The average molecular weight is 419 g/mol. The summed E-state index contributed by atoms with van der Waals surface area (Å²) >= 11 is 4.77. The van der Waals surface area contributed by atoms with Gasteiger partial charge in [0.2, 0.25) is 6.41 Å². The Bertz CT molecular complexity index is 1040. The van der Waals surface area contributed by atoms with Crippen LogP contribution < -0.4 is 16.4 Å². The molecular formula is C17H12BrFN4OS. The fraction of sp³-hybridized carbons (Fsp3) is 0.0588. The Morgan fingerprint density at radius 1 is 1.44 bits per heavy atom. The fourth-order valence-electron chi connectivity index (χ4n) is 2.70. The van der Waals surface area contributed by atoms with E-state index >= 15 is 0 Å². The smallest absolute Gasteiger partial charge is 0.211 e. The third kappa shape index (κ3) is 2.71. The molecule has 3 aromatic rings. The second kappa shape index (κ2) is 6.70. The number of carbonyl (C=O) groups is 1. The Labute approximate surface area is 155 Å². The van der Waals surface area contributed by atoms with Crippen LogP contribution in [-0.4, -0.2) is 13.5 Å². The number of benzene rings is 2. The Morgan fingerprint density at radius 2 is 2.20 bits per heavy atom. The summed E-state index contributed by atoms with van der Waals surface area (Å²) in [7, 11) is 1.74. The molecule has 0 aliphatic rings. The van der Waals surface area contributed by atoms with E-state index in [2.05, 4.69) is 32.6 Å². The Morgan fingerprint density at radius 3 is 2.84 bits per heavy atom. The highest BCUT2D eigenvalue weighted by molar-refractivity contribution is 9.10. The van der Waals surface area contributed by atoms with Crippen molar-refractivity contribution in [2.45, 2.75) is 0 Å². The zero-order chi connectivity index (χ0) is 18.1. The average Bonchev–Trinajstić information content (AvgIpc) is 2.98. The molecule has 0 aliphatic heterocycles. The van der Waals surface area contributed by atoms with Gasteiger partial charge >= 0.3 is 0 Å². The number of nitriles is 1. The molecule has 4 N–H and O–H groups in total. The topological polar surface area (TPSA) is 90.9 Å². The minimum atomic E-state index is -0.660. The molecule has 0 saturated heterocycles. The number of hydrogen-bond donors (Lipinski definition) is 3. The molecule has 0 atom stereocenters. The summed E-state index contributed by atoms with van der Waals surface area (Å²) < 4.78 is 16.3. The van der Waals surface area contributed by atoms with Gasteiger partial charge in [0.05, 0.1) is 16.9 Å². The minimum absolute atomic E-state index is 0.162. The molecule has 0 spiro atoms. The van der Waals surface area contributed by atoms with Gasteiger partial charge in [-0.1, -0.05) is 12.1 Å². The summed E-state index contributed by atoms with van der Waals surface area (Å²) in [6.45, 7) is 0. The van der Waals surface area contributed by atoms with Crippen molar-refractivity contribution in [2.75, 3.05) is 23.4 Å². The molecule has 1 aromatic heterocycles. The van der Waals surface area contributed by atoms with E-state index in [0.29, 0.717) is 32.4 Å². The molecule has 8 heteroatoms. The van der Waals surface area contributed by atoms with Crippen molar-refractivity contribution < 1.29 is 9.18 Å². The zero-order valence-corrected chi connectivity index (χ0v) is 15.4. The number of nitrogens with two attached hydrogens (primary N) is 1. The normalized spacial score (nSPS) is 10.5. The van der Waals surface area contributed by atoms with Gasteiger partial charge in [0.1, 0.15) is 11.1 Å². The molecule has 0 radical (unpaired) electrons. The van der Waals surface area contributed by atoms with Crippen LogP contribution in [0.5, 0.6) is 0 Å².